The molecule has 0 atom stereocenters. The molecule has 1 fully saturated rings. The quantitative estimate of drug-likeness (QED) is 0.715. The van der Waals surface area contributed by atoms with Gasteiger partial charge >= 0.3 is 6.03 Å². The number of para-hydroxylation sites is 1. The zero-order valence-corrected chi connectivity index (χ0v) is 16.8. The van der Waals surface area contributed by atoms with Crippen LogP contribution in [0.5, 0.6) is 0 Å². The molecule has 1 aliphatic heterocycles. The molecule has 1 saturated heterocycles. The highest BCUT2D eigenvalue weighted by molar-refractivity contribution is 5.90. The molecule has 5 nitrogen and oxygen atoms in total. The zero-order valence-electron chi connectivity index (χ0n) is 16.8. The molecule has 0 aliphatic carbocycles. The lowest BCUT2D eigenvalue weighted by molar-refractivity contribution is -0.133. The van der Waals surface area contributed by atoms with Gasteiger partial charge in [-0.25, -0.2) is 4.79 Å². The van der Waals surface area contributed by atoms with E-state index in [4.69, 9.17) is 0 Å². The largest absolute Gasteiger partial charge is 0.338 e. The molecule has 0 spiro atoms. The number of hydrogen-bond acceptors (Lipinski definition) is 2. The Morgan fingerprint density at radius 1 is 0.633 bits per heavy atom. The van der Waals surface area contributed by atoms with Gasteiger partial charge in [0.15, 0.2) is 0 Å². The lowest BCUT2D eigenvalue weighted by Crippen LogP contribution is -2.52. The molecule has 0 saturated carbocycles. The fraction of sp³-hybridized carbons (Fsp3) is 0.200. The minimum atomic E-state index is -0.336. The van der Waals surface area contributed by atoms with Crippen molar-refractivity contribution in [3.63, 3.8) is 0 Å². The predicted molar refractivity (Wildman–Crippen MR) is 118 cm³/mol. The second-order valence-electron chi connectivity index (χ2n) is 7.36. The molecule has 152 valence electrons. The van der Waals surface area contributed by atoms with Crippen molar-refractivity contribution in [2.75, 3.05) is 31.5 Å². The molecule has 4 rings (SSSR count). The molecule has 0 aromatic heterocycles. The first-order chi connectivity index (χ1) is 14.7. The van der Waals surface area contributed by atoms with Crippen LogP contribution >= 0.6 is 0 Å². The average Bonchev–Trinajstić information content (AvgIpc) is 2.81. The summed E-state index contributed by atoms with van der Waals surface area (Å²) < 4.78 is 0. The molecule has 0 radical (unpaired) electrons. The van der Waals surface area contributed by atoms with Crippen LogP contribution in [-0.4, -0.2) is 47.9 Å². The summed E-state index contributed by atoms with van der Waals surface area (Å²) in [5.74, 6) is -0.257. The van der Waals surface area contributed by atoms with Crippen LogP contribution in [0.25, 0.3) is 0 Å². The third-order valence-corrected chi connectivity index (χ3v) is 5.42. The van der Waals surface area contributed by atoms with Gasteiger partial charge in [0.25, 0.3) is 0 Å². The molecule has 1 N–H and O–H groups in total. The summed E-state index contributed by atoms with van der Waals surface area (Å²) in [5.41, 5.74) is 2.74. The molecule has 0 bridgehead atoms. The highest BCUT2D eigenvalue weighted by Gasteiger charge is 2.30. The van der Waals surface area contributed by atoms with Gasteiger partial charge in [-0.05, 0) is 23.3 Å². The maximum Gasteiger partial charge on any atom is 0.321 e. The normalized spacial score (nSPS) is 13.9. The minimum absolute atomic E-state index is 0.0792. The Morgan fingerprint density at radius 2 is 1.07 bits per heavy atom. The second kappa shape index (κ2) is 9.27. The lowest BCUT2D eigenvalue weighted by atomic mass is 9.90. The second-order valence-corrected chi connectivity index (χ2v) is 7.36. The summed E-state index contributed by atoms with van der Waals surface area (Å²) in [5, 5.41) is 2.91. The molecule has 5 heteroatoms. The third kappa shape index (κ3) is 4.51. The highest BCUT2D eigenvalue weighted by Crippen LogP contribution is 2.27. The van der Waals surface area contributed by atoms with Crippen molar-refractivity contribution < 1.29 is 9.59 Å². The standard InChI is InChI=1S/C25H25N3O2/c29-24(23(20-10-4-1-5-11-20)21-12-6-2-7-13-21)27-16-18-28(19-17-27)25(30)26-22-14-8-3-9-15-22/h1-15,23H,16-19H2,(H,26,30). The zero-order chi connectivity index (χ0) is 20.8. The Bertz CT molecular complexity index is 930. The van der Waals surface area contributed by atoms with Crippen LogP contribution in [0.3, 0.4) is 0 Å². The van der Waals surface area contributed by atoms with Crippen LogP contribution in [-0.2, 0) is 4.79 Å². The van der Waals surface area contributed by atoms with E-state index in [0.29, 0.717) is 26.2 Å². The van der Waals surface area contributed by atoms with E-state index in [1.54, 1.807) is 4.90 Å². The van der Waals surface area contributed by atoms with Crippen LogP contribution in [0.1, 0.15) is 17.0 Å². The molecule has 3 aromatic carbocycles. The Balaban J connectivity index is 1.44. The summed E-state index contributed by atoms with van der Waals surface area (Å²) in [4.78, 5) is 29.6. The molecule has 1 heterocycles. The average molecular weight is 399 g/mol. The van der Waals surface area contributed by atoms with Crippen molar-refractivity contribution in [1.82, 2.24) is 9.80 Å². The van der Waals surface area contributed by atoms with E-state index in [2.05, 4.69) is 5.32 Å². The number of carbonyl (C=O) groups is 2. The summed E-state index contributed by atoms with van der Waals surface area (Å²) in [7, 11) is 0. The number of benzene rings is 3. The molecule has 3 amide bonds. The number of amides is 3. The van der Waals surface area contributed by atoms with Gasteiger partial charge in [-0.15, -0.1) is 0 Å². The summed E-state index contributed by atoms with van der Waals surface area (Å²) in [6, 6.07) is 29.1. The van der Waals surface area contributed by atoms with Crippen LogP contribution in [0.15, 0.2) is 91.0 Å². The van der Waals surface area contributed by atoms with Crippen molar-refractivity contribution in [3.8, 4) is 0 Å². The third-order valence-electron chi connectivity index (χ3n) is 5.42. The number of carbonyl (C=O) groups excluding carboxylic acids is 2. The molecule has 3 aromatic rings. The van der Waals surface area contributed by atoms with Gasteiger partial charge in [0.05, 0.1) is 5.92 Å². The molecule has 0 unspecified atom stereocenters. The number of hydrogen-bond donors (Lipinski definition) is 1. The smallest absolute Gasteiger partial charge is 0.321 e. The highest BCUT2D eigenvalue weighted by atomic mass is 16.2. The number of piperazine rings is 1. The fourth-order valence-electron chi connectivity index (χ4n) is 3.81. The Labute approximate surface area is 176 Å². The van der Waals surface area contributed by atoms with Crippen LogP contribution < -0.4 is 5.32 Å². The van der Waals surface area contributed by atoms with E-state index in [1.807, 2.05) is 95.9 Å². The summed E-state index contributed by atoms with van der Waals surface area (Å²) in [6.07, 6.45) is 0. The number of nitrogens with zero attached hydrogens (tertiary/aromatic N) is 2. The maximum absolute atomic E-state index is 13.5. The number of rotatable bonds is 4. The Hall–Kier alpha value is -3.60. The van der Waals surface area contributed by atoms with Gasteiger partial charge in [0.1, 0.15) is 0 Å². The summed E-state index contributed by atoms with van der Waals surface area (Å²) >= 11 is 0. The first kappa shape index (κ1) is 19.7. The molecule has 30 heavy (non-hydrogen) atoms. The van der Waals surface area contributed by atoms with E-state index >= 15 is 0 Å². The lowest BCUT2D eigenvalue weighted by Gasteiger charge is -2.36. The van der Waals surface area contributed by atoms with Crippen LogP contribution in [0.4, 0.5) is 10.5 Å². The maximum atomic E-state index is 13.5. The first-order valence-corrected chi connectivity index (χ1v) is 10.2. The Morgan fingerprint density at radius 3 is 1.57 bits per heavy atom. The molecular formula is C25H25N3O2. The molecule has 1 aliphatic rings. The monoisotopic (exact) mass is 399 g/mol. The van der Waals surface area contributed by atoms with Gasteiger partial charge in [0, 0.05) is 31.9 Å². The van der Waals surface area contributed by atoms with Crippen molar-refractivity contribution in [2.45, 2.75) is 5.92 Å². The van der Waals surface area contributed by atoms with Gasteiger partial charge < -0.3 is 15.1 Å². The number of nitrogens with one attached hydrogen (secondary N) is 1. The van der Waals surface area contributed by atoms with Crippen molar-refractivity contribution in [3.05, 3.63) is 102 Å². The van der Waals surface area contributed by atoms with E-state index in [0.717, 1.165) is 16.8 Å². The fourth-order valence-corrected chi connectivity index (χ4v) is 3.81. The van der Waals surface area contributed by atoms with Crippen LogP contribution in [0.2, 0.25) is 0 Å². The van der Waals surface area contributed by atoms with Crippen molar-refractivity contribution >= 4 is 17.6 Å². The van der Waals surface area contributed by atoms with Gasteiger partial charge in [-0.3, -0.25) is 4.79 Å². The SMILES string of the molecule is O=C(Nc1ccccc1)N1CCN(C(=O)C(c2ccccc2)c2ccccc2)CC1. The number of anilines is 1. The number of urea groups is 1. The van der Waals surface area contributed by atoms with Gasteiger partial charge in [-0.2, -0.15) is 0 Å². The van der Waals surface area contributed by atoms with Crippen LogP contribution in [0, 0.1) is 0 Å². The summed E-state index contributed by atoms with van der Waals surface area (Å²) in [6.45, 7) is 2.08. The van der Waals surface area contributed by atoms with Gasteiger partial charge in [0.2, 0.25) is 5.91 Å². The topological polar surface area (TPSA) is 52.7 Å². The van der Waals surface area contributed by atoms with Crippen molar-refractivity contribution in [2.24, 2.45) is 0 Å². The molecular weight excluding hydrogens is 374 g/mol. The van der Waals surface area contributed by atoms with E-state index in [1.165, 1.54) is 0 Å². The first-order valence-electron chi connectivity index (χ1n) is 10.2. The van der Waals surface area contributed by atoms with E-state index < -0.39 is 0 Å². The van der Waals surface area contributed by atoms with Gasteiger partial charge in [-0.1, -0.05) is 78.9 Å². The minimum Gasteiger partial charge on any atom is -0.338 e. The van der Waals surface area contributed by atoms with E-state index in [9.17, 15) is 9.59 Å². The van der Waals surface area contributed by atoms with Crippen molar-refractivity contribution in [1.29, 1.82) is 0 Å². The van der Waals surface area contributed by atoms with E-state index in [-0.39, 0.29) is 17.9 Å². The predicted octanol–water partition coefficient (Wildman–Crippen LogP) is 4.19. The Kier molecular flexibility index (Phi) is 6.09.